The monoisotopic (exact) mass is 842 g/mol. The number of hydrogen-bond acceptors (Lipinski definition) is 12. The Labute approximate surface area is 358 Å². The van der Waals surface area contributed by atoms with Crippen LogP contribution in [-0.2, 0) is 19.1 Å². The van der Waals surface area contributed by atoms with E-state index in [4.69, 9.17) is 27.8 Å². The zero-order valence-corrected chi connectivity index (χ0v) is 35.4. The largest absolute Gasteiger partial charge is 0.486 e. The first-order chi connectivity index (χ1) is 29.9. The van der Waals surface area contributed by atoms with E-state index >= 15 is 0 Å². The normalized spacial score (nSPS) is 11.7. The molecule has 2 aromatic heterocycles. The second kappa shape index (κ2) is 20.3. The van der Waals surface area contributed by atoms with Crippen LogP contribution in [-0.4, -0.2) is 54.3 Å². The molecule has 0 atom stereocenters. The van der Waals surface area contributed by atoms with Gasteiger partial charge in [-0.25, -0.2) is 14.4 Å². The molecule has 0 radical (unpaired) electrons. The molecule has 6 rings (SSSR count). The Balaban J connectivity index is 0.979. The van der Waals surface area contributed by atoms with E-state index in [9.17, 15) is 28.8 Å². The topological polar surface area (TPSA) is 166 Å². The van der Waals surface area contributed by atoms with E-state index in [1.54, 1.807) is 84.9 Å². The number of carbonyl (C=O) groups is 4. The van der Waals surface area contributed by atoms with Gasteiger partial charge in [-0.1, -0.05) is 88.4 Å². The number of fused-ring (bicyclic) bond motifs is 2. The number of hydrogen-bond donors (Lipinski definition) is 0. The molecule has 0 fully saturated rings. The third-order valence-electron chi connectivity index (χ3n) is 11.4. The predicted octanol–water partition coefficient (Wildman–Crippen LogP) is 9.24. The molecular formula is C50H50O12. The molecule has 0 bridgehead atoms. The van der Waals surface area contributed by atoms with Crippen molar-refractivity contribution in [2.45, 2.75) is 83.8 Å². The third kappa shape index (κ3) is 10.4. The molecule has 0 aliphatic rings. The number of rotatable bonds is 22. The highest BCUT2D eigenvalue weighted by Crippen LogP contribution is 2.30. The fourth-order valence-electron chi connectivity index (χ4n) is 7.41. The van der Waals surface area contributed by atoms with Crippen molar-refractivity contribution in [1.82, 2.24) is 0 Å². The second-order valence-corrected chi connectivity index (χ2v) is 15.1. The van der Waals surface area contributed by atoms with Crippen LogP contribution in [0.1, 0.15) is 104 Å². The molecule has 62 heavy (non-hydrogen) atoms. The molecule has 12 heteroatoms. The fraction of sp³-hybridized carbons (Fsp3) is 0.320. The molecule has 12 nitrogen and oxygen atoms in total. The van der Waals surface area contributed by atoms with Gasteiger partial charge in [0.05, 0.1) is 0 Å². The molecule has 2 heterocycles. The van der Waals surface area contributed by atoms with Crippen LogP contribution in [0.25, 0.3) is 21.9 Å². The molecule has 0 unspecified atom stereocenters. The Bertz CT molecular complexity index is 2650. The minimum Gasteiger partial charge on any atom is -0.486 e. The molecule has 0 saturated carbocycles. The second-order valence-electron chi connectivity index (χ2n) is 15.1. The predicted molar refractivity (Wildman–Crippen MR) is 233 cm³/mol. The summed E-state index contributed by atoms with van der Waals surface area (Å²) in [5.41, 5.74) is -2.30. The summed E-state index contributed by atoms with van der Waals surface area (Å²) in [5, 5.41) is 1.06. The number of ether oxygens (including phenoxy) is 4. The van der Waals surface area contributed by atoms with Crippen molar-refractivity contribution in [3.63, 3.8) is 0 Å². The maximum atomic E-state index is 13.6. The molecule has 0 aliphatic heterocycles. The van der Waals surface area contributed by atoms with Crippen LogP contribution < -0.4 is 20.7 Å². The zero-order chi connectivity index (χ0) is 44.3. The van der Waals surface area contributed by atoms with Crippen LogP contribution in [0, 0.1) is 0 Å². The minimum absolute atomic E-state index is 0.0747. The van der Waals surface area contributed by atoms with Gasteiger partial charge in [0.1, 0.15) is 51.6 Å². The number of carbonyl (C=O) groups excluding carboxylic acids is 4. The summed E-state index contributed by atoms with van der Waals surface area (Å²) in [6, 6.07) is 29.5. The van der Waals surface area contributed by atoms with Gasteiger partial charge >= 0.3 is 17.2 Å². The van der Waals surface area contributed by atoms with Crippen molar-refractivity contribution in [3.05, 3.63) is 152 Å². The number of ketones is 3. The van der Waals surface area contributed by atoms with E-state index < -0.39 is 40.0 Å². The quantitative estimate of drug-likeness (QED) is 0.0276. The molecule has 0 N–H and O–H groups in total. The van der Waals surface area contributed by atoms with E-state index in [1.807, 2.05) is 27.7 Å². The summed E-state index contributed by atoms with van der Waals surface area (Å²) in [5.74, 6) is -1.03. The van der Waals surface area contributed by atoms with Gasteiger partial charge in [-0.15, -0.1) is 0 Å². The van der Waals surface area contributed by atoms with E-state index in [2.05, 4.69) is 0 Å². The van der Waals surface area contributed by atoms with Gasteiger partial charge in [0.15, 0.2) is 18.2 Å². The zero-order valence-electron chi connectivity index (χ0n) is 35.4. The third-order valence-corrected chi connectivity index (χ3v) is 11.4. The fourth-order valence-corrected chi connectivity index (χ4v) is 7.41. The summed E-state index contributed by atoms with van der Waals surface area (Å²) in [6.45, 7) is 7.37. The van der Waals surface area contributed by atoms with Crippen molar-refractivity contribution in [2.24, 2.45) is 0 Å². The summed E-state index contributed by atoms with van der Waals surface area (Å²) in [4.78, 5) is 77.9. The molecule has 0 saturated heterocycles. The number of unbranched alkanes of at least 4 members (excludes halogenated alkanes) is 1. The van der Waals surface area contributed by atoms with Crippen LogP contribution in [0.3, 0.4) is 0 Å². The van der Waals surface area contributed by atoms with Crippen LogP contribution >= 0.6 is 0 Å². The number of benzene rings is 4. The van der Waals surface area contributed by atoms with Crippen LogP contribution in [0.4, 0.5) is 0 Å². The smallest absolute Gasteiger partial charge is 0.347 e. The lowest BCUT2D eigenvalue weighted by atomic mass is 9.90. The average molecular weight is 843 g/mol. The van der Waals surface area contributed by atoms with E-state index in [-0.39, 0.29) is 41.3 Å². The van der Waals surface area contributed by atoms with E-state index in [0.29, 0.717) is 85.0 Å². The maximum absolute atomic E-state index is 13.6. The maximum Gasteiger partial charge on any atom is 0.347 e. The van der Waals surface area contributed by atoms with Gasteiger partial charge in [0.25, 0.3) is 0 Å². The molecule has 4 aromatic carbocycles. The summed E-state index contributed by atoms with van der Waals surface area (Å²) in [7, 11) is 0. The van der Waals surface area contributed by atoms with Gasteiger partial charge in [-0.2, -0.15) is 0 Å². The lowest BCUT2D eigenvalue weighted by molar-refractivity contribution is -0.164. The Hall–Kier alpha value is -6.66. The van der Waals surface area contributed by atoms with Crippen LogP contribution in [0.15, 0.2) is 128 Å². The molecule has 0 spiro atoms. The van der Waals surface area contributed by atoms with Crippen LogP contribution in [0.5, 0.6) is 11.5 Å². The molecule has 6 aromatic rings. The van der Waals surface area contributed by atoms with Crippen molar-refractivity contribution < 1.29 is 47.0 Å². The summed E-state index contributed by atoms with van der Waals surface area (Å²) in [6.07, 6.45) is 3.88. The van der Waals surface area contributed by atoms with Gasteiger partial charge in [0.2, 0.25) is 5.78 Å². The first kappa shape index (κ1) is 44.9. The standard InChI is InChI=1S/C50H50O12/c1-5-49(6-2,62-44(52)32-58-38-24-22-36-28-40(48(56)61-42(36)30-38)46(54)34-19-13-10-14-20-34)25-15-16-26-59-50(7-3,8-4)43(51)31-57-37-23-21-35-27-39(47(55)60-41(35)29-37)45(53)33-17-11-9-12-18-33/h9-14,17-24,27-30H,5-8,15-16,25-26,31-32H2,1-4H3. The highest BCUT2D eigenvalue weighted by Gasteiger charge is 2.36. The Morgan fingerprint density at radius 2 is 1.05 bits per heavy atom. The molecule has 322 valence electrons. The van der Waals surface area contributed by atoms with Crippen molar-refractivity contribution in [3.8, 4) is 11.5 Å². The van der Waals surface area contributed by atoms with Gasteiger partial charge in [-0.05, 0) is 81.3 Å². The van der Waals surface area contributed by atoms with Crippen molar-refractivity contribution in [1.29, 1.82) is 0 Å². The van der Waals surface area contributed by atoms with Crippen LogP contribution in [0.2, 0.25) is 0 Å². The first-order valence-corrected chi connectivity index (χ1v) is 20.9. The lowest BCUT2D eigenvalue weighted by Gasteiger charge is -2.32. The highest BCUT2D eigenvalue weighted by molar-refractivity contribution is 6.10. The Morgan fingerprint density at radius 3 is 1.52 bits per heavy atom. The minimum atomic E-state index is -1.07. The summed E-state index contributed by atoms with van der Waals surface area (Å²) >= 11 is 0. The number of esters is 1. The molecular weight excluding hydrogens is 793 g/mol. The SMILES string of the molecule is CCC(CC)(CCCCOC(CC)(CC)C(=O)COc1ccc2cc(C(=O)c3ccccc3)c(=O)oc2c1)OC(=O)COc1ccc2cc(C(=O)c3ccccc3)c(=O)oc2c1. The first-order valence-electron chi connectivity index (χ1n) is 20.9. The highest BCUT2D eigenvalue weighted by atomic mass is 16.6. The molecule has 0 aliphatic carbocycles. The van der Waals surface area contributed by atoms with E-state index in [1.165, 1.54) is 24.3 Å². The van der Waals surface area contributed by atoms with Gasteiger partial charge in [-0.3, -0.25) is 14.4 Å². The van der Waals surface area contributed by atoms with Gasteiger partial charge in [0, 0.05) is 40.6 Å². The van der Waals surface area contributed by atoms with Crippen molar-refractivity contribution in [2.75, 3.05) is 19.8 Å². The van der Waals surface area contributed by atoms with Crippen molar-refractivity contribution >= 4 is 45.3 Å². The molecule has 0 amide bonds. The van der Waals surface area contributed by atoms with E-state index in [0.717, 1.165) is 0 Å². The average Bonchev–Trinajstić information content (AvgIpc) is 3.30. The Morgan fingerprint density at radius 1 is 0.565 bits per heavy atom. The summed E-state index contributed by atoms with van der Waals surface area (Å²) < 4.78 is 34.8. The number of Topliss-reactive ketones (excluding diaryl/α,β-unsaturated/α-hetero) is 1. The Kier molecular flexibility index (Phi) is 14.7. The van der Waals surface area contributed by atoms with Gasteiger partial charge < -0.3 is 27.8 Å². The lowest BCUT2D eigenvalue weighted by Crippen LogP contribution is -2.43.